The first kappa shape index (κ1) is 16.5. The van der Waals surface area contributed by atoms with Crippen LogP contribution < -0.4 is 15.7 Å². The molecule has 0 spiro atoms. The number of ether oxygens (including phenoxy) is 1. The number of aryl methyl sites for hydroxylation is 1. The van der Waals surface area contributed by atoms with Crippen molar-refractivity contribution in [1.82, 2.24) is 9.66 Å². The maximum atomic E-state index is 12.5. The summed E-state index contributed by atoms with van der Waals surface area (Å²) < 4.78 is 6.45. The van der Waals surface area contributed by atoms with Gasteiger partial charge in [-0.15, -0.1) is 0 Å². The van der Waals surface area contributed by atoms with Crippen LogP contribution in [0.4, 0.5) is 0 Å². The number of carbonyl (C=O) groups is 1. The fourth-order valence-electron chi connectivity index (χ4n) is 2.33. The summed E-state index contributed by atoms with van der Waals surface area (Å²) >= 11 is 0. The lowest BCUT2D eigenvalue weighted by molar-refractivity contribution is -0.138. The van der Waals surface area contributed by atoms with E-state index in [2.05, 4.69) is 10.4 Å². The molecular formula is C16H19N3O4. The van der Waals surface area contributed by atoms with Gasteiger partial charge in [0.2, 0.25) is 5.88 Å². The lowest BCUT2D eigenvalue weighted by Crippen LogP contribution is -2.33. The van der Waals surface area contributed by atoms with Crippen LogP contribution in [0.25, 0.3) is 0 Å². The van der Waals surface area contributed by atoms with E-state index in [1.807, 2.05) is 6.07 Å². The van der Waals surface area contributed by atoms with Crippen LogP contribution in [0.1, 0.15) is 29.5 Å². The summed E-state index contributed by atoms with van der Waals surface area (Å²) in [5.41, 5.74) is 4.30. The molecule has 2 heterocycles. The molecule has 7 heteroatoms. The second kappa shape index (κ2) is 6.95. The number of methoxy groups -OCH3 is 1. The first-order valence-electron chi connectivity index (χ1n) is 7.12. The second-order valence-corrected chi connectivity index (χ2v) is 5.15. The summed E-state index contributed by atoms with van der Waals surface area (Å²) in [6.07, 6.45) is 3.20. The van der Waals surface area contributed by atoms with Crippen molar-refractivity contribution in [3.05, 3.63) is 57.6 Å². The molecular weight excluding hydrogens is 298 g/mol. The van der Waals surface area contributed by atoms with E-state index >= 15 is 0 Å². The summed E-state index contributed by atoms with van der Waals surface area (Å²) in [5, 5.41) is 9.16. The minimum Gasteiger partial charge on any atom is -0.481 e. The number of nitrogens with one attached hydrogen (secondary N) is 1. The molecule has 0 saturated carbocycles. The predicted molar refractivity (Wildman–Crippen MR) is 85.3 cm³/mol. The first-order valence-corrected chi connectivity index (χ1v) is 7.12. The molecule has 2 rings (SSSR count). The van der Waals surface area contributed by atoms with Gasteiger partial charge < -0.3 is 15.3 Å². The molecule has 0 aliphatic rings. The van der Waals surface area contributed by atoms with Crippen LogP contribution in [0, 0.1) is 6.92 Å². The topological polar surface area (TPSA) is 93.4 Å². The van der Waals surface area contributed by atoms with E-state index in [4.69, 9.17) is 9.84 Å². The Morgan fingerprint density at radius 2 is 2.22 bits per heavy atom. The summed E-state index contributed by atoms with van der Waals surface area (Å²) in [4.78, 5) is 27.8. The number of aliphatic carboxylic acids is 1. The number of hydrogen-bond donors (Lipinski definition) is 2. The van der Waals surface area contributed by atoms with Gasteiger partial charge in [-0.1, -0.05) is 6.07 Å². The first-order chi connectivity index (χ1) is 11.0. The molecule has 0 aromatic carbocycles. The molecule has 0 radical (unpaired) electrons. The van der Waals surface area contributed by atoms with Crippen LogP contribution in [0.3, 0.4) is 0 Å². The van der Waals surface area contributed by atoms with Crippen LogP contribution in [0.5, 0.6) is 5.88 Å². The van der Waals surface area contributed by atoms with Crippen molar-refractivity contribution >= 4 is 5.97 Å². The standard InChI is InChI=1S/C16H19N3O4/c1-10-6-8-19(15(20)13(10)11(2)16(21)22)18-9-12-5-4-7-17-14(12)23-3/h4-8,11,18H,9H2,1-3H3,(H,21,22). The third-order valence-electron chi connectivity index (χ3n) is 3.63. The number of hydrogen-bond acceptors (Lipinski definition) is 5. The summed E-state index contributed by atoms with van der Waals surface area (Å²) in [6, 6.07) is 5.32. The molecule has 2 N–H and O–H groups in total. The Morgan fingerprint density at radius 3 is 2.87 bits per heavy atom. The van der Waals surface area contributed by atoms with E-state index in [0.717, 1.165) is 5.56 Å². The quantitative estimate of drug-likeness (QED) is 0.838. The molecule has 1 atom stereocenters. The Hall–Kier alpha value is -2.83. The second-order valence-electron chi connectivity index (χ2n) is 5.15. The van der Waals surface area contributed by atoms with E-state index in [1.165, 1.54) is 18.7 Å². The van der Waals surface area contributed by atoms with Crippen LogP contribution >= 0.6 is 0 Å². The summed E-state index contributed by atoms with van der Waals surface area (Å²) in [5.74, 6) is -1.43. The van der Waals surface area contributed by atoms with Gasteiger partial charge in [-0.05, 0) is 31.5 Å². The molecule has 2 aromatic rings. The maximum Gasteiger partial charge on any atom is 0.310 e. The van der Waals surface area contributed by atoms with Crippen molar-refractivity contribution in [2.24, 2.45) is 0 Å². The molecule has 0 saturated heterocycles. The molecule has 0 fully saturated rings. The van der Waals surface area contributed by atoms with Gasteiger partial charge in [0, 0.05) is 23.5 Å². The van der Waals surface area contributed by atoms with Crippen molar-refractivity contribution in [3.63, 3.8) is 0 Å². The van der Waals surface area contributed by atoms with E-state index in [0.29, 0.717) is 18.0 Å². The van der Waals surface area contributed by atoms with Crippen LogP contribution in [-0.2, 0) is 11.3 Å². The van der Waals surface area contributed by atoms with Crippen molar-refractivity contribution in [3.8, 4) is 5.88 Å². The number of rotatable bonds is 6. The molecule has 1 unspecified atom stereocenters. The van der Waals surface area contributed by atoms with Crippen molar-refractivity contribution in [2.75, 3.05) is 12.5 Å². The number of carboxylic acids is 1. The average Bonchev–Trinajstić information content (AvgIpc) is 2.54. The molecule has 7 nitrogen and oxygen atoms in total. The number of carboxylic acid groups (broad SMARTS) is 1. The van der Waals surface area contributed by atoms with E-state index in [9.17, 15) is 9.59 Å². The Bertz CT molecular complexity index is 770. The van der Waals surface area contributed by atoms with Crippen molar-refractivity contribution < 1.29 is 14.6 Å². The van der Waals surface area contributed by atoms with Gasteiger partial charge in [-0.2, -0.15) is 0 Å². The Morgan fingerprint density at radius 1 is 1.48 bits per heavy atom. The normalized spacial score (nSPS) is 11.8. The van der Waals surface area contributed by atoms with Gasteiger partial charge in [0.15, 0.2) is 0 Å². The Labute approximate surface area is 133 Å². The molecule has 0 bridgehead atoms. The summed E-state index contributed by atoms with van der Waals surface area (Å²) in [7, 11) is 1.52. The highest BCUT2D eigenvalue weighted by atomic mass is 16.5. The molecule has 23 heavy (non-hydrogen) atoms. The smallest absolute Gasteiger partial charge is 0.310 e. The lowest BCUT2D eigenvalue weighted by atomic mass is 9.99. The van der Waals surface area contributed by atoms with Crippen LogP contribution in [0.2, 0.25) is 0 Å². The van der Waals surface area contributed by atoms with Crippen LogP contribution in [0.15, 0.2) is 35.4 Å². The van der Waals surface area contributed by atoms with Crippen molar-refractivity contribution in [1.29, 1.82) is 0 Å². The van der Waals surface area contributed by atoms with E-state index < -0.39 is 11.9 Å². The highest BCUT2D eigenvalue weighted by molar-refractivity contribution is 5.75. The average molecular weight is 317 g/mol. The maximum absolute atomic E-state index is 12.5. The number of aromatic nitrogens is 2. The van der Waals surface area contributed by atoms with Gasteiger partial charge in [0.1, 0.15) is 0 Å². The fraction of sp³-hybridized carbons (Fsp3) is 0.312. The monoisotopic (exact) mass is 317 g/mol. The number of nitrogens with zero attached hydrogens (tertiary/aromatic N) is 2. The highest BCUT2D eigenvalue weighted by Gasteiger charge is 2.20. The van der Waals surface area contributed by atoms with Gasteiger partial charge in [-0.3, -0.25) is 9.59 Å². The van der Waals surface area contributed by atoms with Gasteiger partial charge in [0.25, 0.3) is 5.56 Å². The fourth-order valence-corrected chi connectivity index (χ4v) is 2.33. The molecule has 122 valence electrons. The molecule has 0 amide bonds. The SMILES string of the molecule is COc1ncccc1CNn1ccc(C)c(C(C)C(=O)O)c1=O. The van der Waals surface area contributed by atoms with Crippen molar-refractivity contribution in [2.45, 2.75) is 26.3 Å². The molecule has 2 aromatic heterocycles. The number of pyridine rings is 2. The zero-order valence-corrected chi connectivity index (χ0v) is 13.2. The zero-order chi connectivity index (χ0) is 17.0. The van der Waals surface area contributed by atoms with Crippen LogP contribution in [-0.4, -0.2) is 27.8 Å². The lowest BCUT2D eigenvalue weighted by Gasteiger charge is -2.15. The molecule has 0 aliphatic carbocycles. The largest absolute Gasteiger partial charge is 0.481 e. The minimum atomic E-state index is -1.03. The van der Waals surface area contributed by atoms with E-state index in [1.54, 1.807) is 31.5 Å². The van der Waals surface area contributed by atoms with Gasteiger partial charge in [-0.25, -0.2) is 9.66 Å². The highest BCUT2D eigenvalue weighted by Crippen LogP contribution is 2.16. The zero-order valence-electron chi connectivity index (χ0n) is 13.2. The Balaban J connectivity index is 2.29. The van der Waals surface area contributed by atoms with E-state index in [-0.39, 0.29) is 11.1 Å². The van der Waals surface area contributed by atoms with Gasteiger partial charge >= 0.3 is 5.97 Å². The predicted octanol–water partition coefficient (Wildman–Crippen LogP) is 1.49. The molecule has 0 aliphatic heterocycles. The third kappa shape index (κ3) is 3.50. The Kier molecular flexibility index (Phi) is 5.00. The summed E-state index contributed by atoms with van der Waals surface area (Å²) in [6.45, 7) is 3.55. The van der Waals surface area contributed by atoms with Gasteiger partial charge in [0.05, 0.1) is 19.6 Å². The third-order valence-corrected chi connectivity index (χ3v) is 3.63. The minimum absolute atomic E-state index is 0.269.